The van der Waals surface area contributed by atoms with Crippen molar-refractivity contribution >= 4 is 11.9 Å². The van der Waals surface area contributed by atoms with Gasteiger partial charge in [-0.2, -0.15) is 4.98 Å². The summed E-state index contributed by atoms with van der Waals surface area (Å²) in [5.41, 5.74) is 0.871. The summed E-state index contributed by atoms with van der Waals surface area (Å²) >= 11 is 0. The lowest BCUT2D eigenvalue weighted by atomic mass is 9.97. The summed E-state index contributed by atoms with van der Waals surface area (Å²) in [6.45, 7) is 7.94. The number of aromatic nitrogens is 2. The molecule has 2 saturated heterocycles. The third kappa shape index (κ3) is 5.79. The molecule has 0 aliphatic carbocycles. The SMILES string of the molecule is COc1ccc(-c2noc(N3CCC[C@@H](C(=O)NCCCN4CCC[C@H](C)C4)C3)n2)cc1. The zero-order valence-electron chi connectivity index (χ0n) is 19.3. The van der Waals surface area contributed by atoms with Crippen LogP contribution in [-0.2, 0) is 4.79 Å². The number of hydrogen-bond acceptors (Lipinski definition) is 7. The van der Waals surface area contributed by atoms with Crippen LogP contribution in [0, 0.1) is 11.8 Å². The average Bonchev–Trinajstić information content (AvgIpc) is 3.32. The smallest absolute Gasteiger partial charge is 0.324 e. The summed E-state index contributed by atoms with van der Waals surface area (Å²) in [4.78, 5) is 21.8. The maximum absolute atomic E-state index is 12.7. The Kier molecular flexibility index (Phi) is 7.63. The van der Waals surface area contributed by atoms with Crippen molar-refractivity contribution in [1.29, 1.82) is 0 Å². The maximum Gasteiger partial charge on any atom is 0.324 e. The van der Waals surface area contributed by atoms with Gasteiger partial charge in [0.25, 0.3) is 0 Å². The lowest BCUT2D eigenvalue weighted by Crippen LogP contribution is -2.44. The van der Waals surface area contributed by atoms with Crippen LogP contribution in [0.5, 0.6) is 5.75 Å². The Labute approximate surface area is 190 Å². The Morgan fingerprint density at radius 2 is 2.00 bits per heavy atom. The first-order valence-corrected chi connectivity index (χ1v) is 11.9. The van der Waals surface area contributed by atoms with Crippen molar-refractivity contribution in [3.8, 4) is 17.1 Å². The fraction of sp³-hybridized carbons (Fsp3) is 0.625. The minimum atomic E-state index is -0.0462. The van der Waals surface area contributed by atoms with Crippen LogP contribution in [0.2, 0.25) is 0 Å². The Hall–Kier alpha value is -2.61. The van der Waals surface area contributed by atoms with E-state index in [0.29, 0.717) is 18.4 Å². The molecule has 3 heterocycles. The van der Waals surface area contributed by atoms with Crippen LogP contribution >= 0.6 is 0 Å². The van der Waals surface area contributed by atoms with Gasteiger partial charge in [-0.25, -0.2) is 0 Å². The van der Waals surface area contributed by atoms with Gasteiger partial charge in [-0.05, 0) is 75.4 Å². The maximum atomic E-state index is 12.7. The van der Waals surface area contributed by atoms with Gasteiger partial charge in [0, 0.05) is 31.7 Å². The number of hydrogen-bond donors (Lipinski definition) is 1. The molecule has 1 aromatic carbocycles. The minimum Gasteiger partial charge on any atom is -0.497 e. The van der Waals surface area contributed by atoms with Gasteiger partial charge in [-0.1, -0.05) is 12.1 Å². The highest BCUT2D eigenvalue weighted by molar-refractivity contribution is 5.79. The predicted octanol–water partition coefficient (Wildman–Crippen LogP) is 3.20. The number of rotatable bonds is 8. The number of benzene rings is 1. The molecular weight excluding hydrogens is 406 g/mol. The highest BCUT2D eigenvalue weighted by Crippen LogP contribution is 2.26. The van der Waals surface area contributed by atoms with E-state index in [-0.39, 0.29) is 11.8 Å². The number of carbonyl (C=O) groups is 1. The molecule has 0 bridgehead atoms. The minimum absolute atomic E-state index is 0.0462. The molecule has 2 aliphatic heterocycles. The molecule has 8 heteroatoms. The van der Waals surface area contributed by atoms with Crippen molar-refractivity contribution in [2.45, 2.75) is 39.0 Å². The Balaban J connectivity index is 1.25. The molecule has 1 N–H and O–H groups in total. The van der Waals surface area contributed by atoms with Crippen molar-refractivity contribution in [2.24, 2.45) is 11.8 Å². The van der Waals surface area contributed by atoms with Gasteiger partial charge in [0.05, 0.1) is 13.0 Å². The first-order valence-electron chi connectivity index (χ1n) is 11.9. The summed E-state index contributed by atoms with van der Waals surface area (Å²) in [6.07, 6.45) is 5.47. The zero-order valence-corrected chi connectivity index (χ0v) is 19.3. The molecule has 4 rings (SSSR count). The van der Waals surface area contributed by atoms with Gasteiger partial charge < -0.3 is 24.4 Å². The Morgan fingerprint density at radius 3 is 2.78 bits per heavy atom. The molecule has 2 aromatic rings. The summed E-state index contributed by atoms with van der Waals surface area (Å²) in [7, 11) is 1.64. The van der Waals surface area contributed by atoms with E-state index in [1.807, 2.05) is 29.2 Å². The molecule has 32 heavy (non-hydrogen) atoms. The normalized spacial score (nSPS) is 22.0. The van der Waals surface area contributed by atoms with E-state index in [0.717, 1.165) is 56.1 Å². The third-order valence-electron chi connectivity index (χ3n) is 6.52. The number of nitrogens with one attached hydrogen (secondary N) is 1. The van der Waals surface area contributed by atoms with Gasteiger partial charge in [-0.3, -0.25) is 4.79 Å². The Bertz CT molecular complexity index is 869. The number of nitrogens with zero attached hydrogens (tertiary/aromatic N) is 4. The summed E-state index contributed by atoms with van der Waals surface area (Å²) in [6, 6.07) is 8.04. The number of carbonyl (C=O) groups excluding carboxylic acids is 1. The summed E-state index contributed by atoms with van der Waals surface area (Å²) in [5.74, 6) is 2.21. The topological polar surface area (TPSA) is 83.7 Å². The number of ether oxygens (including phenoxy) is 1. The largest absolute Gasteiger partial charge is 0.497 e. The van der Waals surface area contributed by atoms with Crippen molar-refractivity contribution in [2.75, 3.05) is 51.3 Å². The van der Waals surface area contributed by atoms with E-state index in [2.05, 4.69) is 27.3 Å². The predicted molar refractivity (Wildman–Crippen MR) is 124 cm³/mol. The standard InChI is InChI=1S/C24H35N5O3/c1-18-6-3-13-28(16-18)14-5-12-25-23(30)20-7-4-15-29(17-20)24-26-22(27-32-24)19-8-10-21(31-2)11-9-19/h8-11,18,20H,3-7,12-17H2,1-2H3,(H,25,30)/t18-,20+/m0/s1. The van der Waals surface area contributed by atoms with E-state index in [1.165, 1.54) is 25.9 Å². The van der Waals surface area contributed by atoms with Gasteiger partial charge >= 0.3 is 6.01 Å². The van der Waals surface area contributed by atoms with Crippen LogP contribution in [0.3, 0.4) is 0 Å². The molecule has 1 aromatic heterocycles. The van der Waals surface area contributed by atoms with Crippen LogP contribution in [0.4, 0.5) is 6.01 Å². The molecule has 0 radical (unpaired) electrons. The molecule has 1 amide bonds. The van der Waals surface area contributed by atoms with E-state index in [4.69, 9.17) is 9.26 Å². The van der Waals surface area contributed by atoms with Crippen molar-refractivity contribution in [3.05, 3.63) is 24.3 Å². The van der Waals surface area contributed by atoms with Crippen LogP contribution < -0.4 is 15.0 Å². The van der Waals surface area contributed by atoms with Crippen molar-refractivity contribution in [3.63, 3.8) is 0 Å². The number of methoxy groups -OCH3 is 1. The molecule has 0 spiro atoms. The van der Waals surface area contributed by atoms with Gasteiger partial charge in [0.2, 0.25) is 11.7 Å². The number of piperidine rings is 2. The summed E-state index contributed by atoms with van der Waals surface area (Å²) < 4.78 is 10.7. The van der Waals surface area contributed by atoms with Gasteiger partial charge in [0.15, 0.2) is 0 Å². The van der Waals surface area contributed by atoms with Crippen LogP contribution in [0.1, 0.15) is 39.0 Å². The highest BCUT2D eigenvalue weighted by atomic mass is 16.5. The van der Waals surface area contributed by atoms with E-state index < -0.39 is 0 Å². The average molecular weight is 442 g/mol. The second-order valence-electron chi connectivity index (χ2n) is 9.11. The zero-order chi connectivity index (χ0) is 22.3. The lowest BCUT2D eigenvalue weighted by molar-refractivity contribution is -0.125. The molecule has 8 nitrogen and oxygen atoms in total. The highest BCUT2D eigenvalue weighted by Gasteiger charge is 2.28. The van der Waals surface area contributed by atoms with Crippen LogP contribution in [-0.4, -0.2) is 67.3 Å². The van der Waals surface area contributed by atoms with E-state index >= 15 is 0 Å². The van der Waals surface area contributed by atoms with Crippen LogP contribution in [0.25, 0.3) is 11.4 Å². The molecule has 2 atom stereocenters. The molecular formula is C24H35N5O3. The molecule has 174 valence electrons. The molecule has 2 fully saturated rings. The monoisotopic (exact) mass is 441 g/mol. The fourth-order valence-electron chi connectivity index (χ4n) is 4.71. The molecule has 2 aliphatic rings. The van der Waals surface area contributed by atoms with Crippen molar-refractivity contribution in [1.82, 2.24) is 20.4 Å². The molecule has 0 unspecified atom stereocenters. The third-order valence-corrected chi connectivity index (χ3v) is 6.52. The quantitative estimate of drug-likeness (QED) is 0.630. The molecule has 0 saturated carbocycles. The van der Waals surface area contributed by atoms with Crippen molar-refractivity contribution < 1.29 is 14.1 Å². The van der Waals surface area contributed by atoms with E-state index in [1.54, 1.807) is 7.11 Å². The summed E-state index contributed by atoms with van der Waals surface area (Å²) in [5, 5.41) is 7.27. The number of anilines is 1. The van der Waals surface area contributed by atoms with Gasteiger partial charge in [-0.15, -0.1) is 0 Å². The first-order chi connectivity index (χ1) is 15.6. The fourth-order valence-corrected chi connectivity index (χ4v) is 4.71. The second kappa shape index (κ2) is 10.8. The van der Waals surface area contributed by atoms with Crippen LogP contribution in [0.15, 0.2) is 28.8 Å². The second-order valence-corrected chi connectivity index (χ2v) is 9.11. The Morgan fingerprint density at radius 1 is 1.19 bits per heavy atom. The number of amides is 1. The van der Waals surface area contributed by atoms with E-state index in [9.17, 15) is 4.79 Å². The van der Waals surface area contributed by atoms with Gasteiger partial charge in [0.1, 0.15) is 5.75 Å². The number of likely N-dealkylation sites (tertiary alicyclic amines) is 1. The first kappa shape index (κ1) is 22.6. The lowest BCUT2D eigenvalue weighted by Gasteiger charge is -2.31.